The van der Waals surface area contributed by atoms with Crippen LogP contribution in [0, 0.1) is 0 Å². The van der Waals surface area contributed by atoms with Gasteiger partial charge in [0.15, 0.2) is 0 Å². The summed E-state index contributed by atoms with van der Waals surface area (Å²) < 4.78 is 6.80. The van der Waals surface area contributed by atoms with Crippen LogP contribution >= 0.6 is 0 Å². The van der Waals surface area contributed by atoms with E-state index in [1.54, 1.807) is 11.7 Å². The SMILES string of the molecule is COCCn1c(-c2ccccc2)nc2ccccc2c1=O. The zero-order valence-electron chi connectivity index (χ0n) is 11.8. The molecular formula is C17H16N2O2. The first-order chi connectivity index (χ1) is 10.3. The molecule has 3 rings (SSSR count). The van der Waals surface area contributed by atoms with Crippen LogP contribution in [0.4, 0.5) is 0 Å². The molecule has 0 saturated heterocycles. The second-order valence-corrected chi connectivity index (χ2v) is 4.77. The van der Waals surface area contributed by atoms with E-state index in [-0.39, 0.29) is 5.56 Å². The molecule has 0 aliphatic heterocycles. The van der Waals surface area contributed by atoms with E-state index < -0.39 is 0 Å². The summed E-state index contributed by atoms with van der Waals surface area (Å²) in [5.74, 6) is 0.677. The summed E-state index contributed by atoms with van der Waals surface area (Å²) in [7, 11) is 1.63. The van der Waals surface area contributed by atoms with E-state index in [0.29, 0.717) is 24.4 Å². The Morgan fingerprint density at radius 1 is 1.05 bits per heavy atom. The summed E-state index contributed by atoms with van der Waals surface area (Å²) in [6.07, 6.45) is 0. The molecule has 0 saturated carbocycles. The summed E-state index contributed by atoms with van der Waals surface area (Å²) in [6.45, 7) is 0.956. The fraction of sp³-hybridized carbons (Fsp3) is 0.176. The standard InChI is InChI=1S/C17H16N2O2/c1-21-12-11-19-16(13-7-3-2-4-8-13)18-15-10-6-5-9-14(15)17(19)20/h2-10H,11-12H2,1H3. The van der Waals surface area contributed by atoms with Gasteiger partial charge in [-0.1, -0.05) is 42.5 Å². The van der Waals surface area contributed by atoms with Gasteiger partial charge in [0.1, 0.15) is 5.82 Å². The van der Waals surface area contributed by atoms with Gasteiger partial charge in [-0.2, -0.15) is 0 Å². The molecule has 4 nitrogen and oxygen atoms in total. The first kappa shape index (κ1) is 13.5. The minimum atomic E-state index is -0.0310. The lowest BCUT2D eigenvalue weighted by Gasteiger charge is -2.13. The van der Waals surface area contributed by atoms with Crippen LogP contribution in [0.3, 0.4) is 0 Å². The van der Waals surface area contributed by atoms with Gasteiger partial charge in [-0.05, 0) is 12.1 Å². The fourth-order valence-electron chi connectivity index (χ4n) is 2.37. The average molecular weight is 280 g/mol. The molecule has 0 amide bonds. The molecule has 1 aromatic heterocycles. The number of fused-ring (bicyclic) bond motifs is 1. The predicted molar refractivity (Wildman–Crippen MR) is 83.3 cm³/mol. The molecule has 0 N–H and O–H groups in total. The molecule has 0 fully saturated rings. The molecule has 3 aromatic rings. The molecule has 0 bridgehead atoms. The van der Waals surface area contributed by atoms with Gasteiger partial charge in [-0.3, -0.25) is 9.36 Å². The van der Waals surface area contributed by atoms with Crippen molar-refractivity contribution < 1.29 is 4.74 Å². The Kier molecular flexibility index (Phi) is 3.79. The van der Waals surface area contributed by atoms with Crippen molar-refractivity contribution in [3.05, 3.63) is 65.0 Å². The van der Waals surface area contributed by atoms with Crippen molar-refractivity contribution in [3.63, 3.8) is 0 Å². The second-order valence-electron chi connectivity index (χ2n) is 4.77. The van der Waals surface area contributed by atoms with Crippen molar-refractivity contribution in [2.45, 2.75) is 6.54 Å². The van der Waals surface area contributed by atoms with E-state index in [4.69, 9.17) is 4.74 Å². The maximum absolute atomic E-state index is 12.7. The lowest BCUT2D eigenvalue weighted by atomic mass is 10.2. The summed E-state index contributed by atoms with van der Waals surface area (Å²) in [6, 6.07) is 17.2. The maximum atomic E-state index is 12.7. The van der Waals surface area contributed by atoms with Crippen LogP contribution in [0.5, 0.6) is 0 Å². The van der Waals surface area contributed by atoms with Crippen LogP contribution in [0.1, 0.15) is 0 Å². The van der Waals surface area contributed by atoms with Crippen LogP contribution in [0.25, 0.3) is 22.3 Å². The molecular weight excluding hydrogens is 264 g/mol. The van der Waals surface area contributed by atoms with Gasteiger partial charge in [0, 0.05) is 12.7 Å². The van der Waals surface area contributed by atoms with Crippen LogP contribution < -0.4 is 5.56 Å². The third kappa shape index (κ3) is 2.58. The molecule has 0 atom stereocenters. The Morgan fingerprint density at radius 2 is 1.76 bits per heavy atom. The molecule has 4 heteroatoms. The van der Waals surface area contributed by atoms with E-state index in [1.165, 1.54) is 0 Å². The van der Waals surface area contributed by atoms with Gasteiger partial charge in [0.2, 0.25) is 0 Å². The summed E-state index contributed by atoms with van der Waals surface area (Å²) in [4.78, 5) is 17.4. The van der Waals surface area contributed by atoms with Crippen LogP contribution in [-0.4, -0.2) is 23.3 Å². The number of para-hydroxylation sites is 1. The molecule has 0 unspecified atom stereocenters. The maximum Gasteiger partial charge on any atom is 0.261 e. The molecule has 2 aromatic carbocycles. The number of benzene rings is 2. The number of ether oxygens (including phenoxy) is 1. The Morgan fingerprint density at radius 3 is 2.52 bits per heavy atom. The summed E-state index contributed by atoms with van der Waals surface area (Å²) in [5, 5.41) is 0.633. The Hall–Kier alpha value is -2.46. The zero-order valence-corrected chi connectivity index (χ0v) is 11.8. The van der Waals surface area contributed by atoms with Gasteiger partial charge >= 0.3 is 0 Å². The minimum absolute atomic E-state index is 0.0310. The Labute approximate surface area is 122 Å². The molecule has 1 heterocycles. The molecule has 106 valence electrons. The van der Waals surface area contributed by atoms with Crippen molar-refractivity contribution in [1.29, 1.82) is 0 Å². The molecule has 0 aliphatic rings. The quantitative estimate of drug-likeness (QED) is 0.738. The van der Waals surface area contributed by atoms with E-state index in [0.717, 1.165) is 11.1 Å². The van der Waals surface area contributed by atoms with Crippen molar-refractivity contribution in [1.82, 2.24) is 9.55 Å². The molecule has 0 radical (unpaired) electrons. The Balaban J connectivity index is 2.28. The van der Waals surface area contributed by atoms with Gasteiger partial charge < -0.3 is 4.74 Å². The number of hydrogen-bond acceptors (Lipinski definition) is 3. The van der Waals surface area contributed by atoms with E-state index >= 15 is 0 Å². The van der Waals surface area contributed by atoms with Gasteiger partial charge in [0.05, 0.1) is 24.1 Å². The number of nitrogens with zero attached hydrogens (tertiary/aromatic N) is 2. The summed E-state index contributed by atoms with van der Waals surface area (Å²) in [5.41, 5.74) is 1.61. The lowest BCUT2D eigenvalue weighted by Crippen LogP contribution is -2.25. The topological polar surface area (TPSA) is 44.1 Å². The summed E-state index contributed by atoms with van der Waals surface area (Å²) >= 11 is 0. The number of methoxy groups -OCH3 is 1. The second kappa shape index (κ2) is 5.89. The number of aromatic nitrogens is 2. The first-order valence-electron chi connectivity index (χ1n) is 6.85. The highest BCUT2D eigenvalue weighted by molar-refractivity contribution is 5.79. The van der Waals surface area contributed by atoms with Crippen molar-refractivity contribution in [2.75, 3.05) is 13.7 Å². The zero-order chi connectivity index (χ0) is 14.7. The molecule has 0 aliphatic carbocycles. The van der Waals surface area contributed by atoms with Crippen molar-refractivity contribution in [3.8, 4) is 11.4 Å². The largest absolute Gasteiger partial charge is 0.383 e. The third-order valence-corrected chi connectivity index (χ3v) is 3.41. The third-order valence-electron chi connectivity index (χ3n) is 3.41. The van der Waals surface area contributed by atoms with E-state index in [2.05, 4.69) is 4.98 Å². The Bertz CT molecular complexity index is 810. The van der Waals surface area contributed by atoms with Gasteiger partial charge in [-0.15, -0.1) is 0 Å². The number of hydrogen-bond donors (Lipinski definition) is 0. The highest BCUT2D eigenvalue weighted by atomic mass is 16.5. The first-order valence-corrected chi connectivity index (χ1v) is 6.85. The van der Waals surface area contributed by atoms with Crippen molar-refractivity contribution >= 4 is 10.9 Å². The van der Waals surface area contributed by atoms with E-state index in [9.17, 15) is 4.79 Å². The predicted octanol–water partition coefficient (Wildman–Crippen LogP) is 2.71. The highest BCUT2D eigenvalue weighted by Gasteiger charge is 2.11. The van der Waals surface area contributed by atoms with E-state index in [1.807, 2.05) is 54.6 Å². The highest BCUT2D eigenvalue weighted by Crippen LogP contribution is 2.18. The minimum Gasteiger partial charge on any atom is -0.383 e. The smallest absolute Gasteiger partial charge is 0.261 e. The van der Waals surface area contributed by atoms with Gasteiger partial charge in [0.25, 0.3) is 5.56 Å². The monoisotopic (exact) mass is 280 g/mol. The van der Waals surface area contributed by atoms with Crippen LogP contribution in [0.2, 0.25) is 0 Å². The average Bonchev–Trinajstić information content (AvgIpc) is 2.55. The van der Waals surface area contributed by atoms with Crippen LogP contribution in [0.15, 0.2) is 59.4 Å². The number of rotatable bonds is 4. The fourth-order valence-corrected chi connectivity index (χ4v) is 2.37. The molecule has 21 heavy (non-hydrogen) atoms. The van der Waals surface area contributed by atoms with Crippen molar-refractivity contribution in [2.24, 2.45) is 0 Å². The lowest BCUT2D eigenvalue weighted by molar-refractivity contribution is 0.186. The molecule has 0 spiro atoms. The normalized spacial score (nSPS) is 10.9. The van der Waals surface area contributed by atoms with Crippen LogP contribution in [-0.2, 0) is 11.3 Å². The van der Waals surface area contributed by atoms with Gasteiger partial charge in [-0.25, -0.2) is 4.98 Å².